The number of hydrogen-bond donors (Lipinski definition) is 2. The highest BCUT2D eigenvalue weighted by atomic mass is 19.3. The molecule has 0 spiro atoms. The van der Waals surface area contributed by atoms with Gasteiger partial charge in [0, 0.05) is 24.2 Å². The van der Waals surface area contributed by atoms with Gasteiger partial charge in [-0.05, 0) is 32.0 Å². The Bertz CT molecular complexity index is 501. The molecular formula is C13H16F4N2. The maximum atomic E-state index is 14.2. The number of halogens is 4. The van der Waals surface area contributed by atoms with Crippen molar-refractivity contribution in [2.45, 2.75) is 37.4 Å². The summed E-state index contributed by atoms with van der Waals surface area (Å²) in [5, 5.41) is 2.44. The number of piperidine rings is 1. The molecule has 0 saturated carbocycles. The van der Waals surface area contributed by atoms with E-state index in [1.807, 2.05) is 0 Å². The largest absolute Gasteiger partial charge is 0.399 e. The number of nitrogens with one attached hydrogen (secondary N) is 1. The van der Waals surface area contributed by atoms with Crippen molar-refractivity contribution in [2.24, 2.45) is 0 Å². The van der Waals surface area contributed by atoms with Gasteiger partial charge in [0.15, 0.2) is 0 Å². The molecule has 1 aliphatic rings. The summed E-state index contributed by atoms with van der Waals surface area (Å²) in [6.45, 7) is 2.00. The Labute approximate surface area is 109 Å². The predicted octanol–water partition coefficient (Wildman–Crippen LogP) is 2.98. The fourth-order valence-electron chi connectivity index (χ4n) is 2.41. The Kier molecular flexibility index (Phi) is 3.04. The van der Waals surface area contributed by atoms with Gasteiger partial charge in [-0.25, -0.2) is 17.6 Å². The van der Waals surface area contributed by atoms with Gasteiger partial charge in [-0.15, -0.1) is 0 Å². The molecule has 1 saturated heterocycles. The van der Waals surface area contributed by atoms with Crippen LogP contribution >= 0.6 is 0 Å². The van der Waals surface area contributed by atoms with E-state index in [1.165, 1.54) is 13.0 Å². The minimum atomic E-state index is -3.43. The summed E-state index contributed by atoms with van der Waals surface area (Å²) in [5.74, 6) is -4.21. The van der Waals surface area contributed by atoms with E-state index >= 15 is 0 Å². The van der Waals surface area contributed by atoms with Gasteiger partial charge in [-0.1, -0.05) is 0 Å². The van der Waals surface area contributed by atoms with Gasteiger partial charge in [0.2, 0.25) is 0 Å². The molecule has 1 aromatic rings. The maximum Gasteiger partial charge on any atom is 0.272 e. The van der Waals surface area contributed by atoms with Crippen LogP contribution in [-0.4, -0.2) is 18.1 Å². The van der Waals surface area contributed by atoms with Crippen LogP contribution in [0.1, 0.15) is 25.8 Å². The first-order chi connectivity index (χ1) is 8.57. The summed E-state index contributed by atoms with van der Waals surface area (Å²) < 4.78 is 56.0. The van der Waals surface area contributed by atoms with Gasteiger partial charge in [0.25, 0.3) is 5.92 Å². The fourth-order valence-corrected chi connectivity index (χ4v) is 2.41. The topological polar surface area (TPSA) is 38.0 Å². The van der Waals surface area contributed by atoms with Crippen molar-refractivity contribution in [3.63, 3.8) is 0 Å². The highest BCUT2D eigenvalue weighted by Crippen LogP contribution is 2.47. The normalized spacial score (nSPS) is 34.2. The molecule has 2 atom stereocenters. The molecule has 0 unspecified atom stereocenters. The zero-order chi connectivity index (χ0) is 14.5. The Hall–Kier alpha value is -1.30. The molecule has 19 heavy (non-hydrogen) atoms. The lowest BCUT2D eigenvalue weighted by Crippen LogP contribution is -2.64. The van der Waals surface area contributed by atoms with Crippen molar-refractivity contribution in [1.82, 2.24) is 5.32 Å². The van der Waals surface area contributed by atoms with Crippen molar-refractivity contribution in [2.75, 3.05) is 12.3 Å². The third-order valence-electron chi connectivity index (χ3n) is 3.66. The van der Waals surface area contributed by atoms with Crippen LogP contribution < -0.4 is 11.1 Å². The molecule has 1 fully saturated rings. The third-order valence-corrected chi connectivity index (χ3v) is 3.66. The molecule has 0 aromatic heterocycles. The molecule has 1 aliphatic heterocycles. The van der Waals surface area contributed by atoms with Crippen LogP contribution in [0.3, 0.4) is 0 Å². The fraction of sp³-hybridized carbons (Fsp3) is 0.538. The number of rotatable bonds is 1. The van der Waals surface area contributed by atoms with E-state index in [-0.39, 0.29) is 17.8 Å². The molecule has 6 heteroatoms. The number of nitrogen functional groups attached to an aromatic ring is 1. The monoisotopic (exact) mass is 276 g/mol. The molecule has 3 N–H and O–H groups in total. The number of hydrogen-bond acceptors (Lipinski definition) is 2. The summed E-state index contributed by atoms with van der Waals surface area (Å²) >= 11 is 0. The molecule has 2 rings (SSSR count). The first kappa shape index (κ1) is 14.1. The van der Waals surface area contributed by atoms with Gasteiger partial charge in [0.1, 0.15) is 17.0 Å². The van der Waals surface area contributed by atoms with Crippen LogP contribution in [0, 0.1) is 5.82 Å². The third kappa shape index (κ3) is 2.29. The van der Waals surface area contributed by atoms with Gasteiger partial charge >= 0.3 is 0 Å². The SMILES string of the molecule is C[C@]1(F)CN[C@](C)(c2cc(N)ccc2F)C(F)(F)C1. The Morgan fingerprint density at radius 3 is 2.42 bits per heavy atom. The van der Waals surface area contributed by atoms with Gasteiger partial charge in [-0.2, -0.15) is 0 Å². The lowest BCUT2D eigenvalue weighted by molar-refractivity contribution is -0.149. The number of alkyl halides is 3. The lowest BCUT2D eigenvalue weighted by atomic mass is 9.76. The summed E-state index contributed by atoms with van der Waals surface area (Å²) in [7, 11) is 0. The van der Waals surface area contributed by atoms with E-state index in [9.17, 15) is 17.6 Å². The van der Waals surface area contributed by atoms with E-state index in [0.29, 0.717) is 0 Å². The first-order valence-electron chi connectivity index (χ1n) is 5.95. The number of anilines is 1. The average Bonchev–Trinajstić information content (AvgIpc) is 2.26. The zero-order valence-electron chi connectivity index (χ0n) is 10.7. The van der Waals surface area contributed by atoms with Crippen molar-refractivity contribution in [3.05, 3.63) is 29.6 Å². The van der Waals surface area contributed by atoms with Crippen LogP contribution in [0.4, 0.5) is 23.2 Å². The summed E-state index contributed by atoms with van der Waals surface area (Å²) in [5.41, 5.74) is 1.46. The molecule has 0 radical (unpaired) electrons. The summed E-state index contributed by atoms with van der Waals surface area (Å²) in [6, 6.07) is 3.50. The van der Waals surface area contributed by atoms with Crippen LogP contribution in [0.25, 0.3) is 0 Å². The second-order valence-electron chi connectivity index (χ2n) is 5.51. The van der Waals surface area contributed by atoms with Crippen molar-refractivity contribution >= 4 is 5.69 Å². The summed E-state index contributed by atoms with van der Waals surface area (Å²) in [6.07, 6.45) is -0.961. The van der Waals surface area contributed by atoms with Gasteiger partial charge in [-0.3, -0.25) is 5.32 Å². The van der Waals surface area contributed by atoms with Crippen molar-refractivity contribution < 1.29 is 17.6 Å². The van der Waals surface area contributed by atoms with Crippen LogP contribution in [0.15, 0.2) is 18.2 Å². The van der Waals surface area contributed by atoms with E-state index in [0.717, 1.165) is 19.1 Å². The molecular weight excluding hydrogens is 260 g/mol. The van der Waals surface area contributed by atoms with Crippen molar-refractivity contribution in [3.8, 4) is 0 Å². The predicted molar refractivity (Wildman–Crippen MR) is 65.2 cm³/mol. The van der Waals surface area contributed by atoms with Gasteiger partial charge < -0.3 is 5.73 Å². The van der Waals surface area contributed by atoms with Crippen molar-refractivity contribution in [1.29, 1.82) is 0 Å². The number of nitrogens with two attached hydrogens (primary N) is 1. The Morgan fingerprint density at radius 1 is 1.21 bits per heavy atom. The van der Waals surface area contributed by atoms with Crippen LogP contribution in [0.2, 0.25) is 0 Å². The lowest BCUT2D eigenvalue weighted by Gasteiger charge is -2.46. The molecule has 0 bridgehead atoms. The van der Waals surface area contributed by atoms with E-state index in [1.54, 1.807) is 0 Å². The molecule has 1 heterocycles. The first-order valence-corrected chi connectivity index (χ1v) is 5.95. The van der Waals surface area contributed by atoms with Crippen LogP contribution in [-0.2, 0) is 5.54 Å². The van der Waals surface area contributed by atoms with E-state index < -0.39 is 29.4 Å². The van der Waals surface area contributed by atoms with E-state index in [2.05, 4.69) is 5.32 Å². The Morgan fingerprint density at radius 2 is 1.84 bits per heavy atom. The Balaban J connectivity index is 2.50. The smallest absolute Gasteiger partial charge is 0.272 e. The van der Waals surface area contributed by atoms with Crippen LogP contribution in [0.5, 0.6) is 0 Å². The second-order valence-corrected chi connectivity index (χ2v) is 5.51. The number of benzene rings is 1. The quantitative estimate of drug-likeness (QED) is 0.611. The van der Waals surface area contributed by atoms with E-state index in [4.69, 9.17) is 5.73 Å². The highest BCUT2D eigenvalue weighted by molar-refractivity contribution is 5.45. The molecule has 0 amide bonds. The second kappa shape index (κ2) is 4.10. The van der Waals surface area contributed by atoms with Gasteiger partial charge in [0.05, 0.1) is 0 Å². The highest BCUT2D eigenvalue weighted by Gasteiger charge is 2.59. The molecule has 106 valence electrons. The zero-order valence-corrected chi connectivity index (χ0v) is 10.7. The minimum absolute atomic E-state index is 0.184. The molecule has 1 aromatic carbocycles. The molecule has 2 nitrogen and oxygen atoms in total. The molecule has 0 aliphatic carbocycles. The standard InChI is InChI=1S/C13H16F4N2/c1-11(15)6-13(16,17)12(2,19-7-11)9-5-8(18)3-4-10(9)14/h3-5,19H,6-7,18H2,1-2H3/t11-,12-/m1/s1. The average molecular weight is 276 g/mol. The maximum absolute atomic E-state index is 14.2. The summed E-state index contributed by atoms with van der Waals surface area (Å²) in [4.78, 5) is 0. The minimum Gasteiger partial charge on any atom is -0.399 e.